The number of phenolic OH excluding ortho intramolecular Hbond substituents is 1. The van der Waals surface area contributed by atoms with Crippen molar-refractivity contribution < 1.29 is 14.6 Å². The average molecular weight is 375 g/mol. The van der Waals surface area contributed by atoms with Crippen LogP contribution < -0.4 is 15.6 Å². The lowest BCUT2D eigenvalue weighted by molar-refractivity contribution is -0.116. The van der Waals surface area contributed by atoms with E-state index in [9.17, 15) is 14.7 Å². The molecule has 1 aromatic heterocycles. The van der Waals surface area contributed by atoms with Crippen molar-refractivity contribution >= 4 is 23.5 Å². The Labute approximate surface area is 155 Å². The highest BCUT2D eigenvalue weighted by atomic mass is 32.2. The molecule has 1 aromatic carbocycles. The van der Waals surface area contributed by atoms with Crippen LogP contribution in [-0.2, 0) is 11.8 Å². The number of phenols is 1. The van der Waals surface area contributed by atoms with Gasteiger partial charge in [-0.15, -0.1) is 0 Å². The molecule has 1 atom stereocenters. The number of amides is 1. The van der Waals surface area contributed by atoms with Crippen molar-refractivity contribution in [1.82, 2.24) is 9.55 Å². The maximum Gasteiger partial charge on any atom is 0.279 e. The van der Waals surface area contributed by atoms with Gasteiger partial charge in [0.1, 0.15) is 5.82 Å². The maximum absolute atomic E-state index is 12.7. The van der Waals surface area contributed by atoms with Gasteiger partial charge in [0.25, 0.3) is 5.56 Å². The summed E-state index contributed by atoms with van der Waals surface area (Å²) < 4.78 is 6.82. The Morgan fingerprint density at radius 1 is 1.42 bits per heavy atom. The molecule has 0 saturated carbocycles. The number of methoxy groups -OCH3 is 1. The van der Waals surface area contributed by atoms with Gasteiger partial charge in [-0.1, -0.05) is 24.8 Å². The second-order valence-electron chi connectivity index (χ2n) is 6.11. The number of carbonyl (C=O) groups excluding carboxylic acids is 1. The summed E-state index contributed by atoms with van der Waals surface area (Å²) in [5.74, 6) is 0.976. The summed E-state index contributed by atoms with van der Waals surface area (Å²) in [6, 6.07) is 4.91. The van der Waals surface area contributed by atoms with E-state index in [0.717, 1.165) is 12.2 Å². The van der Waals surface area contributed by atoms with E-state index in [1.54, 1.807) is 23.7 Å². The van der Waals surface area contributed by atoms with E-state index in [1.807, 2.05) is 0 Å². The molecule has 26 heavy (non-hydrogen) atoms. The van der Waals surface area contributed by atoms with Crippen molar-refractivity contribution in [2.24, 2.45) is 7.05 Å². The number of thioether (sulfide) groups is 1. The lowest BCUT2D eigenvalue weighted by atomic mass is 9.86. The summed E-state index contributed by atoms with van der Waals surface area (Å²) in [4.78, 5) is 29.2. The molecule has 0 saturated heterocycles. The number of benzene rings is 1. The fourth-order valence-electron chi connectivity index (χ4n) is 3.07. The zero-order chi connectivity index (χ0) is 18.8. The van der Waals surface area contributed by atoms with E-state index in [1.165, 1.54) is 24.9 Å². The summed E-state index contributed by atoms with van der Waals surface area (Å²) in [6.07, 6.45) is 1.08. The molecule has 0 fully saturated rings. The summed E-state index contributed by atoms with van der Waals surface area (Å²) in [5, 5.41) is 13.5. The van der Waals surface area contributed by atoms with Gasteiger partial charge in [-0.2, -0.15) is 4.98 Å². The molecule has 1 unspecified atom stereocenters. The van der Waals surface area contributed by atoms with Gasteiger partial charge in [0, 0.05) is 25.1 Å². The Hall–Kier alpha value is -2.48. The Morgan fingerprint density at radius 2 is 2.19 bits per heavy atom. The lowest BCUT2D eigenvalue weighted by Crippen LogP contribution is -2.33. The molecule has 2 aromatic rings. The van der Waals surface area contributed by atoms with Crippen LogP contribution in [0.5, 0.6) is 11.5 Å². The molecule has 2 heterocycles. The Morgan fingerprint density at radius 3 is 2.85 bits per heavy atom. The van der Waals surface area contributed by atoms with Gasteiger partial charge in [0.05, 0.1) is 12.7 Å². The second kappa shape index (κ2) is 7.41. The van der Waals surface area contributed by atoms with E-state index in [2.05, 4.69) is 17.2 Å². The molecular formula is C18H21N3O4S. The van der Waals surface area contributed by atoms with Gasteiger partial charge in [-0.05, 0) is 24.1 Å². The van der Waals surface area contributed by atoms with E-state index >= 15 is 0 Å². The highest BCUT2D eigenvalue weighted by molar-refractivity contribution is 7.99. The van der Waals surface area contributed by atoms with Crippen molar-refractivity contribution in [3.63, 3.8) is 0 Å². The number of hydrogen-bond donors (Lipinski definition) is 2. The Kier molecular flexibility index (Phi) is 5.22. The zero-order valence-corrected chi connectivity index (χ0v) is 15.7. The minimum atomic E-state index is -0.466. The summed E-state index contributed by atoms with van der Waals surface area (Å²) >= 11 is 1.48. The van der Waals surface area contributed by atoms with E-state index < -0.39 is 5.92 Å². The molecule has 1 amide bonds. The predicted octanol–water partition coefficient (Wildman–Crippen LogP) is 2.47. The normalized spacial score (nSPS) is 16.1. The van der Waals surface area contributed by atoms with E-state index in [-0.39, 0.29) is 23.6 Å². The first-order chi connectivity index (χ1) is 12.5. The molecule has 3 rings (SSSR count). The molecule has 7 nitrogen and oxygen atoms in total. The van der Waals surface area contributed by atoms with Crippen LogP contribution in [0.3, 0.4) is 0 Å². The fourth-order valence-corrected chi connectivity index (χ4v) is 3.89. The van der Waals surface area contributed by atoms with Crippen LogP contribution in [0.15, 0.2) is 28.2 Å². The van der Waals surface area contributed by atoms with Crippen LogP contribution in [-0.4, -0.2) is 33.4 Å². The molecule has 0 radical (unpaired) electrons. The number of ether oxygens (including phenoxy) is 1. The van der Waals surface area contributed by atoms with Crippen LogP contribution in [0.4, 0.5) is 5.82 Å². The molecule has 1 aliphatic heterocycles. The average Bonchev–Trinajstić information content (AvgIpc) is 2.62. The minimum Gasteiger partial charge on any atom is -0.504 e. The predicted molar refractivity (Wildman–Crippen MR) is 100 cm³/mol. The highest BCUT2D eigenvalue weighted by Gasteiger charge is 2.32. The minimum absolute atomic E-state index is 0.0302. The molecule has 0 spiro atoms. The molecule has 138 valence electrons. The number of carbonyl (C=O) groups is 1. The quantitative estimate of drug-likeness (QED) is 0.616. The third-order valence-corrected chi connectivity index (χ3v) is 5.58. The molecule has 8 heteroatoms. The summed E-state index contributed by atoms with van der Waals surface area (Å²) in [6.45, 7) is 2.05. The zero-order valence-electron chi connectivity index (χ0n) is 14.9. The first kappa shape index (κ1) is 18.3. The first-order valence-corrected chi connectivity index (χ1v) is 9.35. The number of nitrogens with one attached hydrogen (secondary N) is 1. The van der Waals surface area contributed by atoms with Crippen molar-refractivity contribution in [2.45, 2.75) is 30.8 Å². The number of rotatable bonds is 5. The fraction of sp³-hybridized carbons (Fsp3) is 0.389. The highest BCUT2D eigenvalue weighted by Crippen LogP contribution is 2.38. The third kappa shape index (κ3) is 3.29. The SMILES string of the molecule is CCCSc1nc(=O)c2c(n1C)NC(=O)CC2c1ccc(OC)c(O)c1. The Bertz CT molecular complexity index is 910. The van der Waals surface area contributed by atoms with Gasteiger partial charge >= 0.3 is 0 Å². The van der Waals surface area contributed by atoms with Gasteiger partial charge in [0.15, 0.2) is 16.7 Å². The van der Waals surface area contributed by atoms with Crippen molar-refractivity contribution in [2.75, 3.05) is 18.2 Å². The monoisotopic (exact) mass is 375 g/mol. The molecule has 0 aliphatic carbocycles. The maximum atomic E-state index is 12.7. The number of anilines is 1. The van der Waals surface area contributed by atoms with Gasteiger partial charge in [-0.3, -0.25) is 9.59 Å². The summed E-state index contributed by atoms with van der Waals surface area (Å²) in [5.41, 5.74) is 0.766. The van der Waals surface area contributed by atoms with Crippen molar-refractivity contribution in [3.8, 4) is 11.5 Å². The van der Waals surface area contributed by atoms with Crippen LogP contribution in [0.1, 0.15) is 36.8 Å². The van der Waals surface area contributed by atoms with E-state index in [4.69, 9.17) is 4.74 Å². The van der Waals surface area contributed by atoms with Crippen LogP contribution >= 0.6 is 11.8 Å². The standard InChI is InChI=1S/C18H21N3O4S/c1-4-7-26-18-20-17(24)15-11(9-14(23)19-16(15)21(18)2)10-5-6-13(25-3)12(22)8-10/h5-6,8,11,22H,4,7,9H2,1-3H3,(H,19,23). The summed E-state index contributed by atoms with van der Waals surface area (Å²) in [7, 11) is 3.25. The molecular weight excluding hydrogens is 354 g/mol. The van der Waals surface area contributed by atoms with Crippen molar-refractivity contribution in [1.29, 1.82) is 0 Å². The number of fused-ring (bicyclic) bond motifs is 1. The smallest absolute Gasteiger partial charge is 0.279 e. The molecule has 0 bridgehead atoms. The number of nitrogens with zero attached hydrogens (tertiary/aromatic N) is 2. The number of hydrogen-bond acceptors (Lipinski definition) is 6. The first-order valence-electron chi connectivity index (χ1n) is 8.36. The van der Waals surface area contributed by atoms with Crippen LogP contribution in [0, 0.1) is 0 Å². The van der Waals surface area contributed by atoms with Crippen LogP contribution in [0.2, 0.25) is 0 Å². The van der Waals surface area contributed by atoms with Gasteiger partial charge in [-0.25, -0.2) is 0 Å². The molecule has 1 aliphatic rings. The Balaban J connectivity index is 2.12. The van der Waals surface area contributed by atoms with Gasteiger partial charge in [0.2, 0.25) is 5.91 Å². The molecule has 2 N–H and O–H groups in total. The van der Waals surface area contributed by atoms with Crippen molar-refractivity contribution in [3.05, 3.63) is 39.7 Å². The van der Waals surface area contributed by atoms with Gasteiger partial charge < -0.3 is 19.7 Å². The topological polar surface area (TPSA) is 93.5 Å². The lowest BCUT2D eigenvalue weighted by Gasteiger charge is -2.27. The van der Waals surface area contributed by atoms with E-state index in [0.29, 0.717) is 27.9 Å². The largest absolute Gasteiger partial charge is 0.504 e. The number of aromatic nitrogens is 2. The number of aromatic hydroxyl groups is 1. The second-order valence-corrected chi connectivity index (χ2v) is 7.17. The van der Waals surface area contributed by atoms with Crippen LogP contribution in [0.25, 0.3) is 0 Å². The third-order valence-electron chi connectivity index (χ3n) is 4.34.